The highest BCUT2D eigenvalue weighted by Crippen LogP contribution is 2.34. The maximum absolute atomic E-state index is 4.91. The molecule has 5 rings (SSSR count). The number of benzene rings is 1. The fraction of sp³-hybridized carbons (Fsp3) is 0.414. The lowest BCUT2D eigenvalue weighted by molar-refractivity contribution is 0.420. The molecule has 1 aliphatic rings. The number of fused-ring (bicyclic) bond motifs is 1. The molecule has 0 aliphatic carbocycles. The summed E-state index contributed by atoms with van der Waals surface area (Å²) >= 11 is 0. The van der Waals surface area contributed by atoms with Gasteiger partial charge in [-0.1, -0.05) is 23.8 Å². The average molecular weight is 484 g/mol. The summed E-state index contributed by atoms with van der Waals surface area (Å²) < 4.78 is 1.97. The molecule has 188 valence electrons. The van der Waals surface area contributed by atoms with E-state index in [-0.39, 0.29) is 0 Å². The molecule has 7 nitrogen and oxygen atoms in total. The highest BCUT2D eigenvalue weighted by molar-refractivity contribution is 5.84. The number of nitrogens with zero attached hydrogens (tertiary/aromatic N) is 5. The van der Waals surface area contributed by atoms with Gasteiger partial charge in [0.2, 0.25) is 0 Å². The predicted molar refractivity (Wildman–Crippen MR) is 148 cm³/mol. The summed E-state index contributed by atoms with van der Waals surface area (Å²) in [6.45, 7) is 14.5. The van der Waals surface area contributed by atoms with Crippen molar-refractivity contribution in [2.45, 2.75) is 53.5 Å². The molecule has 1 aliphatic heterocycles. The highest BCUT2D eigenvalue weighted by Gasteiger charge is 2.21. The number of pyridine rings is 1. The summed E-state index contributed by atoms with van der Waals surface area (Å²) in [4.78, 5) is 11.8. The lowest BCUT2D eigenvalue weighted by Crippen LogP contribution is -2.44. The normalized spacial score (nSPS) is 14.5. The molecule has 0 spiro atoms. The van der Waals surface area contributed by atoms with Crippen molar-refractivity contribution in [3.63, 3.8) is 0 Å². The van der Waals surface area contributed by atoms with Crippen molar-refractivity contribution in [3.8, 4) is 11.1 Å². The van der Waals surface area contributed by atoms with Crippen LogP contribution in [0.5, 0.6) is 0 Å². The number of nitrogens with one attached hydrogen (secondary N) is 2. The Hall–Kier alpha value is -3.45. The first-order valence-corrected chi connectivity index (χ1v) is 13.0. The first kappa shape index (κ1) is 24.3. The first-order chi connectivity index (χ1) is 17.4. The third kappa shape index (κ3) is 4.93. The van der Waals surface area contributed by atoms with E-state index in [0.29, 0.717) is 6.04 Å². The molecule has 2 N–H and O–H groups in total. The van der Waals surface area contributed by atoms with Crippen LogP contribution in [0.1, 0.15) is 40.9 Å². The molecule has 1 aromatic carbocycles. The first-order valence-electron chi connectivity index (χ1n) is 13.0. The molecule has 7 heteroatoms. The van der Waals surface area contributed by atoms with Crippen molar-refractivity contribution in [3.05, 3.63) is 70.7 Å². The number of hydrogen-bond acceptors (Lipinski definition) is 6. The van der Waals surface area contributed by atoms with Crippen molar-refractivity contribution in [2.24, 2.45) is 0 Å². The van der Waals surface area contributed by atoms with Gasteiger partial charge in [0.25, 0.3) is 0 Å². The van der Waals surface area contributed by atoms with E-state index in [1.54, 1.807) is 0 Å². The molecule has 0 bridgehead atoms. The van der Waals surface area contributed by atoms with Crippen molar-refractivity contribution in [1.82, 2.24) is 24.9 Å². The molecule has 1 saturated heterocycles. The largest absolute Gasteiger partial charge is 0.369 e. The van der Waals surface area contributed by atoms with Gasteiger partial charge in [0, 0.05) is 50.2 Å². The van der Waals surface area contributed by atoms with E-state index in [9.17, 15) is 0 Å². The van der Waals surface area contributed by atoms with Crippen LogP contribution in [0.3, 0.4) is 0 Å². The minimum Gasteiger partial charge on any atom is -0.369 e. The molecule has 0 radical (unpaired) electrons. The summed E-state index contributed by atoms with van der Waals surface area (Å²) in [7, 11) is 0. The van der Waals surface area contributed by atoms with Crippen LogP contribution < -0.4 is 15.5 Å². The topological polar surface area (TPSA) is 70.4 Å². The summed E-state index contributed by atoms with van der Waals surface area (Å²) in [6.07, 6.45) is 4.13. The van der Waals surface area contributed by atoms with E-state index in [4.69, 9.17) is 10.1 Å². The third-order valence-corrected chi connectivity index (χ3v) is 7.15. The van der Waals surface area contributed by atoms with E-state index in [2.05, 4.69) is 85.5 Å². The second kappa shape index (κ2) is 10.3. The number of rotatable bonds is 7. The van der Waals surface area contributed by atoms with Crippen LogP contribution in [0, 0.1) is 34.6 Å². The molecule has 36 heavy (non-hydrogen) atoms. The summed E-state index contributed by atoms with van der Waals surface area (Å²) in [5.41, 5.74) is 9.10. The Labute approximate surface area is 214 Å². The van der Waals surface area contributed by atoms with Crippen LogP contribution in [0.2, 0.25) is 0 Å². The Morgan fingerprint density at radius 3 is 2.36 bits per heavy atom. The van der Waals surface area contributed by atoms with Gasteiger partial charge < -0.3 is 15.5 Å². The van der Waals surface area contributed by atoms with E-state index < -0.39 is 0 Å². The van der Waals surface area contributed by atoms with Gasteiger partial charge in [-0.3, -0.25) is 0 Å². The van der Waals surface area contributed by atoms with Gasteiger partial charge >= 0.3 is 0 Å². The molecule has 0 saturated carbocycles. The number of aryl methyl sites for hydroxylation is 5. The van der Waals surface area contributed by atoms with E-state index in [1.807, 2.05) is 16.8 Å². The fourth-order valence-electron chi connectivity index (χ4n) is 5.56. The second-order valence-corrected chi connectivity index (χ2v) is 10.1. The molecule has 0 unspecified atom stereocenters. The predicted octanol–water partition coefficient (Wildman–Crippen LogP) is 5.00. The Kier molecular flexibility index (Phi) is 6.92. The van der Waals surface area contributed by atoms with Gasteiger partial charge in [-0.2, -0.15) is 9.61 Å². The van der Waals surface area contributed by atoms with Crippen LogP contribution in [0.4, 0.5) is 11.6 Å². The lowest BCUT2D eigenvalue weighted by atomic mass is 9.94. The Bertz CT molecular complexity index is 1330. The number of anilines is 2. The lowest BCUT2D eigenvalue weighted by Gasteiger charge is -2.33. The van der Waals surface area contributed by atoms with Gasteiger partial charge in [0.15, 0.2) is 5.65 Å². The minimum absolute atomic E-state index is 0.539. The maximum Gasteiger partial charge on any atom is 0.165 e. The quantitative estimate of drug-likeness (QED) is 0.360. The molecule has 4 aromatic rings. The summed E-state index contributed by atoms with van der Waals surface area (Å²) in [6, 6.07) is 13.2. The molecule has 4 heterocycles. The number of piperidine rings is 1. The number of aromatic nitrogens is 4. The Morgan fingerprint density at radius 1 is 0.917 bits per heavy atom. The van der Waals surface area contributed by atoms with Crippen molar-refractivity contribution >= 4 is 17.3 Å². The standard InChI is InChI=1S/C29H37N7/c1-19-16-20(2)27(21(3)17-19)28-23(5)34-36-26(18-22(4)33-29(28)36)32-13-12-30-24-9-14-35(15-10-24)25-8-6-7-11-31-25/h6-8,11,16-18,24,30,32H,9-10,12-15H2,1-5H3. The molecule has 0 atom stereocenters. The van der Waals surface area contributed by atoms with Crippen LogP contribution in [-0.4, -0.2) is 51.8 Å². The zero-order valence-electron chi connectivity index (χ0n) is 22.1. The third-order valence-electron chi connectivity index (χ3n) is 7.15. The van der Waals surface area contributed by atoms with E-state index in [1.165, 1.54) is 22.3 Å². The second-order valence-electron chi connectivity index (χ2n) is 10.1. The zero-order valence-corrected chi connectivity index (χ0v) is 22.1. The van der Waals surface area contributed by atoms with Crippen LogP contribution in [-0.2, 0) is 0 Å². The average Bonchev–Trinajstić information content (AvgIpc) is 3.18. The van der Waals surface area contributed by atoms with Gasteiger partial charge in [-0.05, 0) is 76.3 Å². The highest BCUT2D eigenvalue weighted by atomic mass is 15.3. The van der Waals surface area contributed by atoms with Crippen molar-refractivity contribution < 1.29 is 0 Å². The Morgan fingerprint density at radius 2 is 1.67 bits per heavy atom. The monoisotopic (exact) mass is 483 g/mol. The van der Waals surface area contributed by atoms with Gasteiger partial charge in [-0.25, -0.2) is 9.97 Å². The Balaban J connectivity index is 1.25. The molecular weight excluding hydrogens is 446 g/mol. The maximum atomic E-state index is 4.91. The van der Waals surface area contributed by atoms with Gasteiger partial charge in [0.05, 0.1) is 11.3 Å². The molecule has 3 aromatic heterocycles. The molecule has 1 fully saturated rings. The summed E-state index contributed by atoms with van der Waals surface area (Å²) in [5.74, 6) is 2.07. The molecular formula is C29H37N7. The van der Waals surface area contributed by atoms with Gasteiger partial charge in [0.1, 0.15) is 11.6 Å². The number of hydrogen-bond donors (Lipinski definition) is 2. The van der Waals surface area contributed by atoms with E-state index in [0.717, 1.165) is 73.3 Å². The van der Waals surface area contributed by atoms with Crippen LogP contribution >= 0.6 is 0 Å². The summed E-state index contributed by atoms with van der Waals surface area (Å²) in [5, 5.41) is 12.2. The van der Waals surface area contributed by atoms with E-state index >= 15 is 0 Å². The van der Waals surface area contributed by atoms with Crippen molar-refractivity contribution in [1.29, 1.82) is 0 Å². The minimum atomic E-state index is 0.539. The smallest absolute Gasteiger partial charge is 0.165 e. The van der Waals surface area contributed by atoms with Crippen molar-refractivity contribution in [2.75, 3.05) is 36.4 Å². The van der Waals surface area contributed by atoms with Gasteiger partial charge in [-0.15, -0.1) is 0 Å². The van der Waals surface area contributed by atoms with Crippen LogP contribution in [0.15, 0.2) is 42.6 Å². The van der Waals surface area contributed by atoms with Crippen LogP contribution in [0.25, 0.3) is 16.8 Å². The zero-order chi connectivity index (χ0) is 25.2. The SMILES string of the molecule is Cc1cc(C)c(-c2c(C)nn3c(NCCNC4CCN(c5ccccn5)CC4)cc(C)nc23)c(C)c1. The molecule has 0 amide bonds. The fourth-order valence-corrected chi connectivity index (χ4v) is 5.56.